The zero-order chi connectivity index (χ0) is 21.3. The summed E-state index contributed by atoms with van der Waals surface area (Å²) in [6.07, 6.45) is 5.04. The lowest BCUT2D eigenvalue weighted by Gasteiger charge is -2.29. The molecule has 1 atom stereocenters. The van der Waals surface area contributed by atoms with Crippen molar-refractivity contribution in [1.29, 1.82) is 0 Å². The third kappa shape index (κ3) is 6.09. The first kappa shape index (κ1) is 21.9. The number of hydrogen-bond donors (Lipinski definition) is 1. The number of nitrogens with zero attached hydrogens (tertiary/aromatic N) is 1. The number of carbonyl (C=O) groups is 2. The Balaban J connectivity index is 1.66. The van der Waals surface area contributed by atoms with E-state index in [0.717, 1.165) is 36.8 Å². The lowest BCUT2D eigenvalue weighted by atomic mass is 10.1. The zero-order valence-corrected chi connectivity index (χ0v) is 18.0. The summed E-state index contributed by atoms with van der Waals surface area (Å²) in [5, 5.41) is 3.12. The summed E-state index contributed by atoms with van der Waals surface area (Å²) in [6.45, 7) is 4.14. The normalized spacial score (nSPS) is 14.9. The van der Waals surface area contributed by atoms with Gasteiger partial charge in [-0.05, 0) is 50.3 Å². The quantitative estimate of drug-likeness (QED) is 0.685. The van der Waals surface area contributed by atoms with E-state index in [1.165, 1.54) is 0 Å². The molecule has 3 rings (SSSR count). The monoisotopic (exact) mass is 408 g/mol. The Kier molecular flexibility index (Phi) is 7.89. The molecular weight excluding hydrogens is 376 g/mol. The van der Waals surface area contributed by atoms with Crippen LogP contribution in [0, 0.1) is 6.92 Å². The van der Waals surface area contributed by atoms with Crippen LogP contribution in [0.4, 0.5) is 0 Å². The highest BCUT2D eigenvalue weighted by molar-refractivity contribution is 5.88. The molecule has 0 radical (unpaired) electrons. The van der Waals surface area contributed by atoms with Gasteiger partial charge >= 0.3 is 0 Å². The standard InChI is InChI=1S/C25H32N2O3/c1-19-10-6-9-15-23(19)30-18-24(28)27(17-16-21-11-4-3-5-12-21)20(2)25(29)26-22-13-7-8-14-22/h3-6,9-12,15,20,22H,7-8,13-14,16-18H2,1-2H3,(H,26,29)/t20-/m1/s1. The van der Waals surface area contributed by atoms with Crippen molar-refractivity contribution >= 4 is 11.8 Å². The number of amides is 2. The number of benzene rings is 2. The van der Waals surface area contributed by atoms with Gasteiger partial charge < -0.3 is 15.0 Å². The number of aryl methyl sites for hydroxylation is 1. The maximum atomic E-state index is 13.1. The average Bonchev–Trinajstić information content (AvgIpc) is 3.27. The smallest absolute Gasteiger partial charge is 0.261 e. The van der Waals surface area contributed by atoms with Crippen LogP contribution in [0.5, 0.6) is 5.75 Å². The van der Waals surface area contributed by atoms with Gasteiger partial charge in [0.1, 0.15) is 11.8 Å². The molecule has 5 heteroatoms. The van der Waals surface area contributed by atoms with Crippen LogP contribution in [0.3, 0.4) is 0 Å². The van der Waals surface area contributed by atoms with Gasteiger partial charge in [0.15, 0.2) is 6.61 Å². The molecule has 0 aromatic heterocycles. The topological polar surface area (TPSA) is 58.6 Å². The van der Waals surface area contributed by atoms with E-state index in [9.17, 15) is 9.59 Å². The second-order valence-electron chi connectivity index (χ2n) is 8.04. The third-order valence-corrected chi connectivity index (χ3v) is 5.80. The van der Waals surface area contributed by atoms with Gasteiger partial charge in [-0.1, -0.05) is 61.4 Å². The SMILES string of the molecule is Cc1ccccc1OCC(=O)N(CCc1ccccc1)[C@H](C)C(=O)NC1CCCC1. The predicted octanol–water partition coefficient (Wildman–Crippen LogP) is 3.89. The summed E-state index contributed by atoms with van der Waals surface area (Å²) in [4.78, 5) is 27.5. The van der Waals surface area contributed by atoms with E-state index in [1.807, 2.05) is 61.5 Å². The van der Waals surface area contributed by atoms with Gasteiger partial charge in [0, 0.05) is 12.6 Å². The van der Waals surface area contributed by atoms with E-state index in [4.69, 9.17) is 4.74 Å². The summed E-state index contributed by atoms with van der Waals surface area (Å²) in [5.74, 6) is 0.430. The van der Waals surface area contributed by atoms with Crippen LogP contribution in [0.25, 0.3) is 0 Å². The fourth-order valence-corrected chi connectivity index (χ4v) is 3.90. The van der Waals surface area contributed by atoms with E-state index in [1.54, 1.807) is 11.8 Å². The molecule has 1 fully saturated rings. The third-order valence-electron chi connectivity index (χ3n) is 5.80. The minimum atomic E-state index is -0.540. The van der Waals surface area contributed by atoms with E-state index in [-0.39, 0.29) is 24.5 Å². The molecule has 2 amide bonds. The van der Waals surface area contributed by atoms with Gasteiger partial charge in [0.2, 0.25) is 5.91 Å². The molecule has 0 unspecified atom stereocenters. The minimum Gasteiger partial charge on any atom is -0.484 e. The van der Waals surface area contributed by atoms with Gasteiger partial charge in [-0.2, -0.15) is 0 Å². The van der Waals surface area contributed by atoms with Crippen molar-refractivity contribution in [3.63, 3.8) is 0 Å². The lowest BCUT2D eigenvalue weighted by Crippen LogP contribution is -2.51. The maximum Gasteiger partial charge on any atom is 0.261 e. The molecule has 0 spiro atoms. The van der Waals surface area contributed by atoms with Gasteiger partial charge in [-0.15, -0.1) is 0 Å². The Bertz CT molecular complexity index is 831. The number of nitrogens with one attached hydrogen (secondary N) is 1. The van der Waals surface area contributed by atoms with E-state index in [0.29, 0.717) is 18.7 Å². The van der Waals surface area contributed by atoms with Gasteiger partial charge in [-0.3, -0.25) is 9.59 Å². The van der Waals surface area contributed by atoms with Crippen molar-refractivity contribution < 1.29 is 14.3 Å². The molecule has 1 N–H and O–H groups in total. The molecule has 0 saturated heterocycles. The van der Waals surface area contributed by atoms with Crippen LogP contribution in [-0.4, -0.2) is 41.9 Å². The summed E-state index contributed by atoms with van der Waals surface area (Å²) >= 11 is 0. The van der Waals surface area contributed by atoms with Crippen molar-refractivity contribution in [1.82, 2.24) is 10.2 Å². The molecule has 1 saturated carbocycles. The van der Waals surface area contributed by atoms with Crippen molar-refractivity contribution in [2.45, 2.75) is 58.0 Å². The second-order valence-corrected chi connectivity index (χ2v) is 8.04. The fraction of sp³-hybridized carbons (Fsp3) is 0.440. The van der Waals surface area contributed by atoms with Crippen molar-refractivity contribution in [2.75, 3.05) is 13.2 Å². The number of ether oxygens (including phenoxy) is 1. The van der Waals surface area contributed by atoms with Crippen LogP contribution < -0.4 is 10.1 Å². The first-order valence-corrected chi connectivity index (χ1v) is 10.9. The first-order valence-electron chi connectivity index (χ1n) is 10.9. The Morgan fingerprint density at radius 1 is 1.07 bits per heavy atom. The van der Waals surface area contributed by atoms with Gasteiger partial charge in [0.25, 0.3) is 5.91 Å². The van der Waals surface area contributed by atoms with Crippen LogP contribution in [0.15, 0.2) is 54.6 Å². The number of carbonyl (C=O) groups excluding carboxylic acids is 2. The molecule has 160 valence electrons. The zero-order valence-electron chi connectivity index (χ0n) is 18.0. The molecule has 1 aliphatic carbocycles. The lowest BCUT2D eigenvalue weighted by molar-refractivity contribution is -0.141. The molecular formula is C25H32N2O3. The van der Waals surface area contributed by atoms with E-state index in [2.05, 4.69) is 5.32 Å². The summed E-state index contributed by atoms with van der Waals surface area (Å²) < 4.78 is 5.77. The first-order chi connectivity index (χ1) is 14.5. The largest absolute Gasteiger partial charge is 0.484 e. The van der Waals surface area contributed by atoms with Crippen molar-refractivity contribution in [3.8, 4) is 5.75 Å². The molecule has 0 bridgehead atoms. The van der Waals surface area contributed by atoms with Crippen LogP contribution in [0.1, 0.15) is 43.7 Å². The summed E-state index contributed by atoms with van der Waals surface area (Å²) in [5.41, 5.74) is 2.12. The van der Waals surface area contributed by atoms with Gasteiger partial charge in [0.05, 0.1) is 0 Å². The highest BCUT2D eigenvalue weighted by Crippen LogP contribution is 2.19. The minimum absolute atomic E-state index is 0.0826. The Morgan fingerprint density at radius 2 is 1.73 bits per heavy atom. The highest BCUT2D eigenvalue weighted by atomic mass is 16.5. The molecule has 0 aliphatic heterocycles. The Labute approximate surface area is 179 Å². The van der Waals surface area contributed by atoms with E-state index < -0.39 is 6.04 Å². The highest BCUT2D eigenvalue weighted by Gasteiger charge is 2.28. The molecule has 5 nitrogen and oxygen atoms in total. The Hall–Kier alpha value is -2.82. The van der Waals surface area contributed by atoms with Crippen LogP contribution in [0.2, 0.25) is 0 Å². The van der Waals surface area contributed by atoms with Crippen molar-refractivity contribution in [3.05, 3.63) is 65.7 Å². The molecule has 30 heavy (non-hydrogen) atoms. The molecule has 1 aliphatic rings. The average molecular weight is 409 g/mol. The Morgan fingerprint density at radius 3 is 2.43 bits per heavy atom. The van der Waals surface area contributed by atoms with Gasteiger partial charge in [-0.25, -0.2) is 0 Å². The van der Waals surface area contributed by atoms with Crippen molar-refractivity contribution in [2.24, 2.45) is 0 Å². The number of rotatable bonds is 9. The van der Waals surface area contributed by atoms with Crippen LogP contribution >= 0.6 is 0 Å². The van der Waals surface area contributed by atoms with E-state index >= 15 is 0 Å². The fourth-order valence-electron chi connectivity index (χ4n) is 3.90. The molecule has 0 heterocycles. The summed E-state index contributed by atoms with van der Waals surface area (Å²) in [7, 11) is 0. The maximum absolute atomic E-state index is 13.1. The predicted molar refractivity (Wildman–Crippen MR) is 118 cm³/mol. The number of para-hydroxylation sites is 1. The second kappa shape index (κ2) is 10.8. The molecule has 2 aromatic rings. The van der Waals surface area contributed by atoms with Crippen LogP contribution in [-0.2, 0) is 16.0 Å². The summed E-state index contributed by atoms with van der Waals surface area (Å²) in [6, 6.07) is 17.3. The number of hydrogen-bond acceptors (Lipinski definition) is 3. The molecule has 2 aromatic carbocycles.